The van der Waals surface area contributed by atoms with Crippen molar-refractivity contribution >= 4 is 5.97 Å². The summed E-state index contributed by atoms with van der Waals surface area (Å²) < 4.78 is 0. The molecule has 0 radical (unpaired) electrons. The summed E-state index contributed by atoms with van der Waals surface area (Å²) in [7, 11) is 0. The topological polar surface area (TPSA) is 49.3 Å². The molecule has 3 heteroatoms. The van der Waals surface area contributed by atoms with Gasteiger partial charge in [0.25, 0.3) is 0 Å². The van der Waals surface area contributed by atoms with E-state index in [1.807, 2.05) is 0 Å². The van der Waals surface area contributed by atoms with Gasteiger partial charge in [-0.25, -0.2) is 0 Å². The Bertz CT molecular complexity index is 312. The van der Waals surface area contributed by atoms with Crippen LogP contribution >= 0.6 is 0 Å². The summed E-state index contributed by atoms with van der Waals surface area (Å²) in [5.41, 5.74) is 0. The molecule has 0 aliphatic heterocycles. The van der Waals surface area contributed by atoms with Gasteiger partial charge in [-0.05, 0) is 50.0 Å². The van der Waals surface area contributed by atoms with Gasteiger partial charge in [-0.15, -0.1) is 0 Å². The fourth-order valence-electron chi connectivity index (χ4n) is 4.69. The number of nitrogens with one attached hydrogen (secondary N) is 1. The molecule has 0 aromatic rings. The molecular formula is C15H25NO2. The van der Waals surface area contributed by atoms with Gasteiger partial charge in [0.2, 0.25) is 0 Å². The Morgan fingerprint density at radius 3 is 2.56 bits per heavy atom. The van der Waals surface area contributed by atoms with Crippen LogP contribution in [0.5, 0.6) is 0 Å². The third-order valence-corrected chi connectivity index (χ3v) is 5.61. The van der Waals surface area contributed by atoms with Crippen LogP contribution in [0, 0.1) is 23.7 Å². The van der Waals surface area contributed by atoms with E-state index in [1.165, 1.54) is 38.5 Å². The smallest absolute Gasteiger partial charge is 0.308 e. The Morgan fingerprint density at radius 2 is 1.83 bits per heavy atom. The minimum atomic E-state index is -0.569. The van der Waals surface area contributed by atoms with Crippen LogP contribution in [-0.4, -0.2) is 23.7 Å². The highest BCUT2D eigenvalue weighted by Gasteiger charge is 2.50. The molecule has 3 aliphatic carbocycles. The largest absolute Gasteiger partial charge is 0.481 e. The number of hydrogen-bond donors (Lipinski definition) is 2. The highest BCUT2D eigenvalue weighted by molar-refractivity contribution is 5.72. The van der Waals surface area contributed by atoms with Crippen molar-refractivity contribution in [1.29, 1.82) is 0 Å². The molecule has 3 nitrogen and oxygen atoms in total. The summed E-state index contributed by atoms with van der Waals surface area (Å²) in [6.07, 6.45) is 10.4. The maximum Gasteiger partial charge on any atom is 0.308 e. The average molecular weight is 251 g/mol. The Balaban J connectivity index is 1.50. The van der Waals surface area contributed by atoms with Crippen LogP contribution in [0.25, 0.3) is 0 Å². The quantitative estimate of drug-likeness (QED) is 0.789. The Labute approximate surface area is 109 Å². The number of aliphatic carboxylic acids is 1. The van der Waals surface area contributed by atoms with Crippen molar-refractivity contribution < 1.29 is 9.90 Å². The number of carboxylic acids is 1. The lowest BCUT2D eigenvalue weighted by molar-refractivity contribution is -0.144. The third kappa shape index (κ3) is 2.29. The minimum absolute atomic E-state index is 0.104. The first-order chi connectivity index (χ1) is 8.75. The van der Waals surface area contributed by atoms with Gasteiger partial charge in [0.05, 0.1) is 5.92 Å². The Morgan fingerprint density at radius 1 is 1.11 bits per heavy atom. The summed E-state index contributed by atoms with van der Waals surface area (Å²) in [4.78, 5) is 11.4. The van der Waals surface area contributed by atoms with Crippen molar-refractivity contribution in [3.63, 3.8) is 0 Å². The van der Waals surface area contributed by atoms with Gasteiger partial charge < -0.3 is 10.4 Å². The fourth-order valence-corrected chi connectivity index (χ4v) is 4.69. The minimum Gasteiger partial charge on any atom is -0.481 e. The molecule has 0 aromatic carbocycles. The Hall–Kier alpha value is -0.570. The zero-order valence-corrected chi connectivity index (χ0v) is 11.1. The first-order valence-electron chi connectivity index (χ1n) is 7.72. The number of carboxylic acid groups (broad SMARTS) is 1. The second kappa shape index (κ2) is 5.20. The summed E-state index contributed by atoms with van der Waals surface area (Å²) in [6.45, 7) is 1.03. The molecular weight excluding hydrogens is 226 g/mol. The van der Waals surface area contributed by atoms with Crippen molar-refractivity contribution in [1.82, 2.24) is 5.32 Å². The van der Waals surface area contributed by atoms with Gasteiger partial charge >= 0.3 is 5.97 Å². The van der Waals surface area contributed by atoms with E-state index in [2.05, 4.69) is 5.32 Å². The lowest BCUT2D eigenvalue weighted by Gasteiger charge is -2.29. The van der Waals surface area contributed by atoms with Crippen LogP contribution in [0.2, 0.25) is 0 Å². The maximum atomic E-state index is 11.4. The van der Waals surface area contributed by atoms with Crippen molar-refractivity contribution in [3.8, 4) is 0 Å². The molecule has 102 valence electrons. The van der Waals surface area contributed by atoms with Gasteiger partial charge in [0.1, 0.15) is 0 Å². The summed E-state index contributed by atoms with van der Waals surface area (Å²) in [5.74, 6) is 1.32. The summed E-state index contributed by atoms with van der Waals surface area (Å²) in [6, 6.07) is 0.266. The van der Waals surface area contributed by atoms with E-state index in [4.69, 9.17) is 0 Å². The lowest BCUT2D eigenvalue weighted by atomic mass is 9.84. The van der Waals surface area contributed by atoms with Gasteiger partial charge in [-0.3, -0.25) is 4.79 Å². The average Bonchev–Trinajstić information content (AvgIpc) is 3.04. The maximum absolute atomic E-state index is 11.4. The number of hydrogen-bond acceptors (Lipinski definition) is 2. The second-order valence-corrected chi connectivity index (χ2v) is 6.62. The predicted molar refractivity (Wildman–Crippen MR) is 70.3 cm³/mol. The first-order valence-corrected chi connectivity index (χ1v) is 7.72. The molecule has 18 heavy (non-hydrogen) atoms. The van der Waals surface area contributed by atoms with Gasteiger partial charge in [0, 0.05) is 6.04 Å². The molecule has 0 amide bonds. The Kier molecular flexibility index (Phi) is 3.60. The molecule has 3 fully saturated rings. The molecule has 2 bridgehead atoms. The van der Waals surface area contributed by atoms with E-state index in [0.717, 1.165) is 25.3 Å². The zero-order chi connectivity index (χ0) is 12.5. The molecule has 0 spiro atoms. The van der Waals surface area contributed by atoms with Crippen LogP contribution in [0.15, 0.2) is 0 Å². The van der Waals surface area contributed by atoms with E-state index in [9.17, 15) is 9.90 Å². The molecule has 0 aromatic heterocycles. The summed E-state index contributed by atoms with van der Waals surface area (Å²) in [5, 5.41) is 13.0. The normalized spacial score (nSPS) is 39.6. The number of carbonyl (C=O) groups is 1. The van der Waals surface area contributed by atoms with Crippen LogP contribution in [0.4, 0.5) is 0 Å². The first kappa shape index (κ1) is 12.5. The SMILES string of the molecule is O=C(O)C1C2CCC(C2)C1NCCC1CCCC1. The highest BCUT2D eigenvalue weighted by Crippen LogP contribution is 2.48. The zero-order valence-electron chi connectivity index (χ0n) is 11.1. The molecule has 4 atom stereocenters. The molecule has 0 saturated heterocycles. The van der Waals surface area contributed by atoms with Crippen LogP contribution in [-0.2, 0) is 4.79 Å². The standard InChI is InChI=1S/C15H25NO2/c17-15(18)13-11-5-6-12(9-11)14(13)16-8-7-10-3-1-2-4-10/h10-14,16H,1-9H2,(H,17,18). The van der Waals surface area contributed by atoms with Crippen molar-refractivity contribution in [3.05, 3.63) is 0 Å². The van der Waals surface area contributed by atoms with Crippen LogP contribution < -0.4 is 5.32 Å². The predicted octanol–water partition coefficient (Wildman–Crippen LogP) is 2.66. The van der Waals surface area contributed by atoms with E-state index < -0.39 is 5.97 Å². The van der Waals surface area contributed by atoms with Crippen LogP contribution in [0.1, 0.15) is 51.4 Å². The highest BCUT2D eigenvalue weighted by atomic mass is 16.4. The number of fused-ring (bicyclic) bond motifs is 2. The molecule has 2 N–H and O–H groups in total. The van der Waals surface area contributed by atoms with E-state index in [1.54, 1.807) is 0 Å². The summed E-state index contributed by atoms with van der Waals surface area (Å²) >= 11 is 0. The molecule has 0 heterocycles. The third-order valence-electron chi connectivity index (χ3n) is 5.61. The van der Waals surface area contributed by atoms with E-state index in [-0.39, 0.29) is 12.0 Å². The second-order valence-electron chi connectivity index (χ2n) is 6.62. The van der Waals surface area contributed by atoms with Gasteiger partial charge in [-0.1, -0.05) is 25.7 Å². The number of rotatable bonds is 5. The molecule has 3 aliphatic rings. The van der Waals surface area contributed by atoms with E-state index in [0.29, 0.717) is 11.8 Å². The van der Waals surface area contributed by atoms with Crippen LogP contribution in [0.3, 0.4) is 0 Å². The van der Waals surface area contributed by atoms with Crippen molar-refractivity contribution in [2.75, 3.05) is 6.54 Å². The molecule has 3 saturated carbocycles. The fraction of sp³-hybridized carbons (Fsp3) is 0.933. The van der Waals surface area contributed by atoms with Crippen molar-refractivity contribution in [2.24, 2.45) is 23.7 Å². The molecule has 4 unspecified atom stereocenters. The lowest BCUT2D eigenvalue weighted by Crippen LogP contribution is -2.44. The monoisotopic (exact) mass is 251 g/mol. The van der Waals surface area contributed by atoms with E-state index >= 15 is 0 Å². The van der Waals surface area contributed by atoms with Gasteiger partial charge in [-0.2, -0.15) is 0 Å². The van der Waals surface area contributed by atoms with Gasteiger partial charge in [0.15, 0.2) is 0 Å². The molecule has 3 rings (SSSR count). The van der Waals surface area contributed by atoms with Crippen molar-refractivity contribution in [2.45, 2.75) is 57.4 Å².